The number of halogens is 4. The lowest BCUT2D eigenvalue weighted by atomic mass is 10.1. The topological polar surface area (TPSA) is 53.5 Å². The molecule has 2 bridgehead atoms. The van der Waals surface area contributed by atoms with Gasteiger partial charge in [0.2, 0.25) is 0 Å². The van der Waals surface area contributed by atoms with Gasteiger partial charge in [-0.2, -0.15) is 0 Å². The summed E-state index contributed by atoms with van der Waals surface area (Å²) in [4.78, 5) is 12.3. The number of nitrogens with one attached hydrogen (secondary N) is 1. The van der Waals surface area contributed by atoms with Gasteiger partial charge in [0.15, 0.2) is 0 Å². The highest BCUT2D eigenvalue weighted by Crippen LogP contribution is 2.38. The molecule has 0 spiro atoms. The number of rotatable bonds is 5. The fraction of sp³-hybridized carbons (Fsp3) is 0.474. The lowest BCUT2D eigenvalue weighted by Gasteiger charge is -2.41. The predicted octanol–water partition coefficient (Wildman–Crippen LogP) is 3.59. The minimum atomic E-state index is -2.69. The van der Waals surface area contributed by atoms with Crippen molar-refractivity contribution < 1.29 is 22.3 Å². The molecule has 2 atom stereocenters. The zero-order chi connectivity index (χ0) is 20.2. The first-order valence-corrected chi connectivity index (χ1v) is 9.40. The maximum atomic E-state index is 13.4. The first kappa shape index (κ1) is 18.4. The minimum absolute atomic E-state index is 0.166. The van der Waals surface area contributed by atoms with Crippen LogP contribution in [0.5, 0.6) is 0 Å². The van der Waals surface area contributed by atoms with E-state index < -0.39 is 12.3 Å². The molecule has 0 aromatic carbocycles. The molecule has 1 N–H and O–H groups in total. The van der Waals surface area contributed by atoms with Gasteiger partial charge in [-0.25, -0.2) is 27.5 Å². The van der Waals surface area contributed by atoms with Crippen molar-refractivity contribution in [1.82, 2.24) is 9.97 Å². The molecule has 0 saturated carbocycles. The summed E-state index contributed by atoms with van der Waals surface area (Å²) >= 11 is 0. The number of hydrogen-bond acceptors (Lipinski definition) is 6. The zero-order valence-corrected chi connectivity index (χ0v) is 15.4. The molecule has 3 aliphatic rings. The minimum Gasteiger partial charge on any atom is -0.374 e. The van der Waals surface area contributed by atoms with Crippen LogP contribution in [0.4, 0.5) is 40.7 Å². The summed E-state index contributed by atoms with van der Waals surface area (Å²) in [5.41, 5.74) is 0.463. The molecule has 5 heterocycles. The van der Waals surface area contributed by atoms with Gasteiger partial charge in [0.05, 0.1) is 31.8 Å². The number of morpholine rings is 1. The van der Waals surface area contributed by atoms with Crippen molar-refractivity contribution in [2.45, 2.75) is 30.9 Å². The van der Waals surface area contributed by atoms with Crippen molar-refractivity contribution >= 4 is 23.1 Å². The van der Waals surface area contributed by atoms with Crippen molar-refractivity contribution in [3.63, 3.8) is 0 Å². The fourth-order valence-corrected chi connectivity index (χ4v) is 4.01. The SMILES string of the molecule is FC(F)c1ccc(Nc2cc(N3CC(F)(F)C3)cc(N3CC4CC3CO4)n2)nc1. The number of aromatic nitrogens is 2. The number of ether oxygens (including phenoxy) is 1. The van der Waals surface area contributed by atoms with Gasteiger partial charge < -0.3 is 19.9 Å². The van der Waals surface area contributed by atoms with Crippen LogP contribution in [0.25, 0.3) is 0 Å². The molecule has 0 amide bonds. The summed E-state index contributed by atoms with van der Waals surface area (Å²) in [5.74, 6) is -1.23. The lowest BCUT2D eigenvalue weighted by molar-refractivity contribution is -0.0262. The Hall–Kier alpha value is -2.62. The summed E-state index contributed by atoms with van der Waals surface area (Å²) < 4.78 is 57.8. The van der Waals surface area contributed by atoms with Crippen molar-refractivity contribution in [3.8, 4) is 0 Å². The maximum absolute atomic E-state index is 13.4. The number of pyridine rings is 2. The average molecular weight is 409 g/mol. The van der Waals surface area contributed by atoms with Crippen LogP contribution >= 0.6 is 0 Å². The second-order valence-corrected chi connectivity index (χ2v) is 7.68. The van der Waals surface area contributed by atoms with E-state index in [0.717, 1.165) is 12.6 Å². The van der Waals surface area contributed by atoms with E-state index in [1.807, 2.05) is 6.07 Å². The number of anilines is 4. The average Bonchev–Trinajstić information content (AvgIpc) is 3.30. The first-order chi connectivity index (χ1) is 13.9. The monoisotopic (exact) mass is 409 g/mol. The number of nitrogens with zero attached hydrogens (tertiary/aromatic N) is 4. The molecule has 0 radical (unpaired) electrons. The normalized spacial score (nSPS) is 24.9. The maximum Gasteiger partial charge on any atom is 0.282 e. The Kier molecular flexibility index (Phi) is 4.27. The smallest absolute Gasteiger partial charge is 0.282 e. The highest BCUT2D eigenvalue weighted by Gasteiger charge is 2.45. The van der Waals surface area contributed by atoms with E-state index >= 15 is 0 Å². The van der Waals surface area contributed by atoms with E-state index in [-0.39, 0.29) is 30.8 Å². The third kappa shape index (κ3) is 3.57. The van der Waals surface area contributed by atoms with Gasteiger partial charge in [-0.3, -0.25) is 0 Å². The molecule has 3 fully saturated rings. The molecule has 3 saturated heterocycles. The van der Waals surface area contributed by atoms with E-state index in [1.165, 1.54) is 12.1 Å². The van der Waals surface area contributed by atoms with Gasteiger partial charge in [0.25, 0.3) is 12.3 Å². The van der Waals surface area contributed by atoms with E-state index in [0.29, 0.717) is 36.3 Å². The quantitative estimate of drug-likeness (QED) is 0.762. The Morgan fingerprint density at radius 3 is 2.59 bits per heavy atom. The van der Waals surface area contributed by atoms with Crippen LogP contribution in [-0.2, 0) is 4.74 Å². The predicted molar refractivity (Wildman–Crippen MR) is 99.4 cm³/mol. The molecule has 154 valence electrons. The molecule has 2 unspecified atom stereocenters. The summed E-state index contributed by atoms with van der Waals surface area (Å²) in [6.07, 6.45) is -0.401. The van der Waals surface area contributed by atoms with Gasteiger partial charge in [-0.1, -0.05) is 0 Å². The van der Waals surface area contributed by atoms with Crippen molar-refractivity contribution in [3.05, 3.63) is 36.0 Å². The third-order valence-electron chi connectivity index (χ3n) is 5.50. The second kappa shape index (κ2) is 6.72. The van der Waals surface area contributed by atoms with E-state index in [1.54, 1.807) is 11.0 Å². The van der Waals surface area contributed by atoms with E-state index in [4.69, 9.17) is 4.74 Å². The molecule has 2 aromatic heterocycles. The highest BCUT2D eigenvalue weighted by atomic mass is 19.3. The van der Waals surface area contributed by atoms with Gasteiger partial charge in [-0.05, 0) is 18.6 Å². The van der Waals surface area contributed by atoms with Crippen LogP contribution in [-0.4, -0.2) is 54.3 Å². The molecule has 0 aliphatic carbocycles. The molecular formula is C19H19F4N5O. The number of hydrogen-bond donors (Lipinski definition) is 1. The Bertz CT molecular complexity index is 902. The summed E-state index contributed by atoms with van der Waals surface area (Å²) in [5, 5.41) is 3.00. The Labute approximate surface area is 164 Å². The molecular weight excluding hydrogens is 390 g/mol. The Balaban J connectivity index is 1.43. The van der Waals surface area contributed by atoms with Crippen LogP contribution in [0, 0.1) is 0 Å². The van der Waals surface area contributed by atoms with Crippen molar-refractivity contribution in [2.75, 3.05) is 41.4 Å². The van der Waals surface area contributed by atoms with Crippen molar-refractivity contribution in [1.29, 1.82) is 0 Å². The number of fused-ring (bicyclic) bond motifs is 2. The van der Waals surface area contributed by atoms with Crippen LogP contribution in [0.15, 0.2) is 30.5 Å². The van der Waals surface area contributed by atoms with E-state index in [9.17, 15) is 17.6 Å². The van der Waals surface area contributed by atoms with Crippen LogP contribution in [0.3, 0.4) is 0 Å². The van der Waals surface area contributed by atoms with Crippen LogP contribution in [0.1, 0.15) is 18.4 Å². The largest absolute Gasteiger partial charge is 0.374 e. The summed E-state index contributed by atoms with van der Waals surface area (Å²) in [6.45, 7) is 0.647. The second-order valence-electron chi connectivity index (χ2n) is 7.68. The lowest BCUT2D eigenvalue weighted by Crippen LogP contribution is -2.56. The van der Waals surface area contributed by atoms with Crippen LogP contribution in [0.2, 0.25) is 0 Å². The van der Waals surface area contributed by atoms with Gasteiger partial charge in [-0.15, -0.1) is 0 Å². The standard InChI is InChI=1S/C19H19F4N5O/c20-18(21)11-1-2-15(24-6-11)25-16-4-12(27-9-19(22,23)10-27)5-17(26-16)28-7-14-3-13(28)8-29-14/h1-2,4-6,13-14,18H,3,7-10H2,(H,24,25,26). The zero-order valence-electron chi connectivity index (χ0n) is 15.4. The molecule has 3 aliphatic heterocycles. The van der Waals surface area contributed by atoms with Gasteiger partial charge >= 0.3 is 0 Å². The van der Waals surface area contributed by atoms with Crippen LogP contribution < -0.4 is 15.1 Å². The highest BCUT2D eigenvalue weighted by molar-refractivity contribution is 5.67. The molecule has 5 rings (SSSR count). The molecule has 6 nitrogen and oxygen atoms in total. The van der Waals surface area contributed by atoms with Gasteiger partial charge in [0, 0.05) is 36.1 Å². The van der Waals surface area contributed by atoms with Gasteiger partial charge in [0.1, 0.15) is 17.5 Å². The number of alkyl halides is 4. The molecule has 29 heavy (non-hydrogen) atoms. The summed E-state index contributed by atoms with van der Waals surface area (Å²) in [7, 11) is 0. The fourth-order valence-electron chi connectivity index (χ4n) is 4.01. The van der Waals surface area contributed by atoms with Crippen molar-refractivity contribution in [2.24, 2.45) is 0 Å². The summed E-state index contributed by atoms with van der Waals surface area (Å²) in [6, 6.07) is 6.44. The molecule has 2 aromatic rings. The Morgan fingerprint density at radius 1 is 1.17 bits per heavy atom. The van der Waals surface area contributed by atoms with E-state index in [2.05, 4.69) is 20.2 Å². The molecule has 10 heteroatoms. The third-order valence-corrected chi connectivity index (χ3v) is 5.50. The Morgan fingerprint density at radius 2 is 2.00 bits per heavy atom. The first-order valence-electron chi connectivity index (χ1n) is 9.40.